The molecule has 2 aromatic rings. The molecule has 1 aromatic heterocycles. The van der Waals surface area contributed by atoms with E-state index in [1.54, 1.807) is 6.20 Å². The van der Waals surface area contributed by atoms with Crippen LogP contribution < -0.4 is 15.1 Å². The van der Waals surface area contributed by atoms with Crippen LogP contribution in [0.1, 0.15) is 10.4 Å². The molecule has 1 fully saturated rings. The fraction of sp³-hybridized carbons (Fsp3) is 0.368. The molecule has 0 spiro atoms. The van der Waals surface area contributed by atoms with Crippen molar-refractivity contribution in [2.75, 3.05) is 62.4 Å². The molecule has 2 heterocycles. The third-order valence-corrected chi connectivity index (χ3v) is 4.50. The van der Waals surface area contributed by atoms with Gasteiger partial charge in [-0.2, -0.15) is 0 Å². The zero-order valence-electron chi connectivity index (χ0n) is 15.1. The van der Waals surface area contributed by atoms with Crippen LogP contribution in [0.4, 0.5) is 17.1 Å². The Balaban J connectivity index is 1.68. The Bertz CT molecular complexity index is 721. The lowest BCUT2D eigenvalue weighted by molar-refractivity contribution is 0.102. The lowest BCUT2D eigenvalue weighted by atomic mass is 10.2. The number of likely N-dealkylation sites (N-methyl/N-ethyl adjacent to an activating group) is 1. The second-order valence-electron chi connectivity index (χ2n) is 6.62. The van der Waals surface area contributed by atoms with Gasteiger partial charge in [-0.3, -0.25) is 9.78 Å². The monoisotopic (exact) mass is 339 g/mol. The first-order valence-corrected chi connectivity index (χ1v) is 8.50. The Labute approximate surface area is 149 Å². The number of hydrogen-bond acceptors (Lipinski definition) is 5. The largest absolute Gasteiger partial charge is 0.378 e. The smallest absolute Gasteiger partial charge is 0.257 e. The van der Waals surface area contributed by atoms with Gasteiger partial charge in [0.25, 0.3) is 5.91 Å². The minimum absolute atomic E-state index is 0.138. The van der Waals surface area contributed by atoms with Gasteiger partial charge in [0.2, 0.25) is 0 Å². The normalized spacial score (nSPS) is 15.1. The van der Waals surface area contributed by atoms with E-state index < -0.39 is 0 Å². The number of pyridine rings is 1. The van der Waals surface area contributed by atoms with Crippen molar-refractivity contribution in [2.45, 2.75) is 0 Å². The molecule has 0 saturated carbocycles. The molecule has 0 unspecified atom stereocenters. The molecule has 132 valence electrons. The Morgan fingerprint density at radius 1 is 1.08 bits per heavy atom. The third-order valence-electron chi connectivity index (χ3n) is 4.50. The highest BCUT2D eigenvalue weighted by molar-refractivity contribution is 6.04. The Hall–Kier alpha value is -2.60. The summed E-state index contributed by atoms with van der Waals surface area (Å²) in [7, 11) is 6.10. The summed E-state index contributed by atoms with van der Waals surface area (Å²) in [5.74, 6) is -0.138. The van der Waals surface area contributed by atoms with E-state index in [0.29, 0.717) is 5.56 Å². The molecule has 1 amide bonds. The van der Waals surface area contributed by atoms with Crippen LogP contribution in [0.3, 0.4) is 0 Å². The highest BCUT2D eigenvalue weighted by Gasteiger charge is 2.16. The SMILES string of the molecule is CN1CCN(c2cncc(C(=O)Nc3ccc(N(C)C)cc3)c2)CC1. The van der Waals surface area contributed by atoms with E-state index in [1.807, 2.05) is 55.5 Å². The first-order chi connectivity index (χ1) is 12.0. The molecular formula is C19H25N5O. The van der Waals surface area contributed by atoms with Crippen LogP contribution in [0.15, 0.2) is 42.7 Å². The second kappa shape index (κ2) is 7.53. The number of rotatable bonds is 4. The van der Waals surface area contributed by atoms with Crippen LogP contribution in [-0.4, -0.2) is 63.1 Å². The molecule has 0 radical (unpaired) electrons. The van der Waals surface area contributed by atoms with E-state index in [1.165, 1.54) is 0 Å². The summed E-state index contributed by atoms with van der Waals surface area (Å²) in [6.07, 6.45) is 3.44. The molecule has 1 aliphatic heterocycles. The molecule has 25 heavy (non-hydrogen) atoms. The maximum absolute atomic E-state index is 12.5. The Morgan fingerprint density at radius 2 is 1.76 bits per heavy atom. The lowest BCUT2D eigenvalue weighted by Crippen LogP contribution is -2.44. The first-order valence-electron chi connectivity index (χ1n) is 8.50. The number of nitrogens with zero attached hydrogens (tertiary/aromatic N) is 4. The molecule has 1 saturated heterocycles. The number of nitrogens with one attached hydrogen (secondary N) is 1. The van der Waals surface area contributed by atoms with Crippen LogP contribution in [0, 0.1) is 0 Å². The summed E-state index contributed by atoms with van der Waals surface area (Å²) < 4.78 is 0. The topological polar surface area (TPSA) is 51.7 Å². The number of amides is 1. The Morgan fingerprint density at radius 3 is 2.40 bits per heavy atom. The van der Waals surface area contributed by atoms with Crippen LogP contribution in [0.5, 0.6) is 0 Å². The van der Waals surface area contributed by atoms with Crippen molar-refractivity contribution < 1.29 is 4.79 Å². The quantitative estimate of drug-likeness (QED) is 0.925. The minimum Gasteiger partial charge on any atom is -0.378 e. The highest BCUT2D eigenvalue weighted by atomic mass is 16.1. The molecule has 3 rings (SSSR count). The molecular weight excluding hydrogens is 314 g/mol. The predicted molar refractivity (Wildman–Crippen MR) is 103 cm³/mol. The van der Waals surface area contributed by atoms with Gasteiger partial charge in [-0.15, -0.1) is 0 Å². The van der Waals surface area contributed by atoms with Crippen LogP contribution in [-0.2, 0) is 0 Å². The van der Waals surface area contributed by atoms with Crippen molar-refractivity contribution >= 4 is 23.0 Å². The first kappa shape index (κ1) is 17.2. The molecule has 0 bridgehead atoms. The summed E-state index contributed by atoms with van der Waals surface area (Å²) in [5, 5.41) is 2.94. The lowest BCUT2D eigenvalue weighted by Gasteiger charge is -2.33. The van der Waals surface area contributed by atoms with E-state index in [9.17, 15) is 4.79 Å². The maximum atomic E-state index is 12.5. The zero-order valence-corrected chi connectivity index (χ0v) is 15.1. The maximum Gasteiger partial charge on any atom is 0.257 e. The fourth-order valence-electron chi connectivity index (χ4n) is 2.84. The van der Waals surface area contributed by atoms with Crippen molar-refractivity contribution in [1.29, 1.82) is 0 Å². The second-order valence-corrected chi connectivity index (χ2v) is 6.62. The van der Waals surface area contributed by atoms with Gasteiger partial charge in [0.1, 0.15) is 0 Å². The molecule has 6 heteroatoms. The van der Waals surface area contributed by atoms with E-state index >= 15 is 0 Å². The van der Waals surface area contributed by atoms with Crippen LogP contribution in [0.25, 0.3) is 0 Å². The van der Waals surface area contributed by atoms with Gasteiger partial charge < -0.3 is 20.0 Å². The van der Waals surface area contributed by atoms with Crippen molar-refractivity contribution in [2.24, 2.45) is 0 Å². The van der Waals surface area contributed by atoms with E-state index in [-0.39, 0.29) is 5.91 Å². The van der Waals surface area contributed by atoms with Crippen molar-refractivity contribution in [1.82, 2.24) is 9.88 Å². The van der Waals surface area contributed by atoms with Gasteiger partial charge in [0.15, 0.2) is 0 Å². The average Bonchev–Trinajstić information content (AvgIpc) is 2.63. The van der Waals surface area contributed by atoms with Gasteiger partial charge in [-0.05, 0) is 37.4 Å². The summed E-state index contributed by atoms with van der Waals surface area (Å²) in [4.78, 5) is 23.4. The van der Waals surface area contributed by atoms with Crippen LogP contribution in [0.2, 0.25) is 0 Å². The highest BCUT2D eigenvalue weighted by Crippen LogP contribution is 2.19. The van der Waals surface area contributed by atoms with Gasteiger partial charge in [-0.25, -0.2) is 0 Å². The number of carbonyl (C=O) groups excluding carboxylic acids is 1. The number of benzene rings is 1. The zero-order chi connectivity index (χ0) is 17.8. The standard InChI is InChI=1S/C19H25N5O/c1-22(2)17-6-4-16(5-7-17)21-19(25)15-12-18(14-20-13-15)24-10-8-23(3)9-11-24/h4-7,12-14H,8-11H2,1-3H3,(H,21,25). The van der Waals surface area contributed by atoms with E-state index in [2.05, 4.69) is 27.1 Å². The number of aromatic nitrogens is 1. The van der Waals surface area contributed by atoms with E-state index in [0.717, 1.165) is 43.2 Å². The minimum atomic E-state index is -0.138. The number of hydrogen-bond donors (Lipinski definition) is 1. The number of anilines is 3. The van der Waals surface area contributed by atoms with Crippen molar-refractivity contribution in [3.05, 3.63) is 48.3 Å². The number of carbonyl (C=O) groups is 1. The summed E-state index contributed by atoms with van der Waals surface area (Å²) in [5.41, 5.74) is 3.45. The summed E-state index contributed by atoms with van der Waals surface area (Å²) >= 11 is 0. The molecule has 6 nitrogen and oxygen atoms in total. The number of piperazine rings is 1. The van der Waals surface area contributed by atoms with Gasteiger partial charge >= 0.3 is 0 Å². The molecule has 1 N–H and O–H groups in total. The molecule has 1 aromatic carbocycles. The van der Waals surface area contributed by atoms with Crippen molar-refractivity contribution in [3.8, 4) is 0 Å². The van der Waals surface area contributed by atoms with Gasteiger partial charge in [0, 0.05) is 57.8 Å². The predicted octanol–water partition coefficient (Wildman–Crippen LogP) is 2.15. The molecule has 0 atom stereocenters. The summed E-state index contributed by atoms with van der Waals surface area (Å²) in [6.45, 7) is 3.95. The van der Waals surface area contributed by atoms with Gasteiger partial charge in [0.05, 0.1) is 17.4 Å². The Kier molecular flexibility index (Phi) is 5.19. The summed E-state index contributed by atoms with van der Waals surface area (Å²) in [6, 6.07) is 9.70. The molecule has 1 aliphatic rings. The molecule has 0 aliphatic carbocycles. The van der Waals surface area contributed by atoms with Crippen molar-refractivity contribution in [3.63, 3.8) is 0 Å². The van der Waals surface area contributed by atoms with E-state index in [4.69, 9.17) is 0 Å². The average molecular weight is 339 g/mol. The van der Waals surface area contributed by atoms with Gasteiger partial charge in [-0.1, -0.05) is 0 Å². The third kappa shape index (κ3) is 4.28. The fourth-order valence-corrected chi connectivity index (χ4v) is 2.84. The van der Waals surface area contributed by atoms with Crippen LogP contribution >= 0.6 is 0 Å².